The van der Waals surface area contributed by atoms with Crippen molar-refractivity contribution in [3.05, 3.63) is 90.6 Å². The van der Waals surface area contributed by atoms with E-state index in [-0.39, 0.29) is 5.96 Å². The van der Waals surface area contributed by atoms with Gasteiger partial charge in [0, 0.05) is 50.2 Å². The Balaban J connectivity index is 1.21. The number of hydrogen-bond donors (Lipinski definition) is 3. The molecule has 0 spiro atoms. The average Bonchev–Trinajstić information content (AvgIpc) is 2.91. The second kappa shape index (κ2) is 10.8. The Kier molecular flexibility index (Phi) is 7.00. The number of para-hydroxylation sites is 1. The molecule has 3 heterocycles. The molecular formula is C27H29N9. The average molecular weight is 480 g/mol. The minimum absolute atomic E-state index is 0.264. The number of benzene rings is 2. The first-order chi connectivity index (χ1) is 17.7. The van der Waals surface area contributed by atoms with Gasteiger partial charge in [-0.1, -0.05) is 48.5 Å². The van der Waals surface area contributed by atoms with Crippen molar-refractivity contribution in [1.29, 1.82) is 0 Å². The number of nitrogens with zero attached hydrogens (tertiary/aromatic N) is 6. The van der Waals surface area contributed by atoms with Gasteiger partial charge >= 0.3 is 0 Å². The molecule has 0 unspecified atom stereocenters. The molecular weight excluding hydrogens is 450 g/mol. The number of guanidine groups is 1. The van der Waals surface area contributed by atoms with Crippen LogP contribution in [0.2, 0.25) is 0 Å². The highest BCUT2D eigenvalue weighted by molar-refractivity contribution is 5.94. The summed E-state index contributed by atoms with van der Waals surface area (Å²) in [6.45, 7) is 4.37. The number of nitrogens with one attached hydrogen (secondary N) is 1. The summed E-state index contributed by atoms with van der Waals surface area (Å²) >= 11 is 0. The number of nitrogens with two attached hydrogens (primary N) is 2. The molecule has 0 saturated carbocycles. The molecule has 0 aliphatic carbocycles. The third kappa shape index (κ3) is 5.59. The van der Waals surface area contributed by atoms with Gasteiger partial charge in [0.05, 0.1) is 11.4 Å². The third-order valence-corrected chi connectivity index (χ3v) is 6.12. The molecule has 36 heavy (non-hydrogen) atoms. The van der Waals surface area contributed by atoms with Crippen LogP contribution in [0.4, 0.5) is 23.0 Å². The summed E-state index contributed by atoms with van der Waals surface area (Å²) in [7, 11) is 0. The highest BCUT2D eigenvalue weighted by Gasteiger charge is 2.20. The standard InChI is InChI=1S/C27H29N9/c28-22-10-6-14-30-26(22)36-17-15-35(16-18-36)19-21-9-4-5-11-23(21)31-27(29)32-25-13-12-24(33-34-25)20-7-2-1-3-8-20/h1-14H,15-19,28H2,(H3,29,31,32,34). The van der Waals surface area contributed by atoms with Crippen molar-refractivity contribution in [3.8, 4) is 11.3 Å². The van der Waals surface area contributed by atoms with Crippen LogP contribution in [0.15, 0.2) is 90.1 Å². The van der Waals surface area contributed by atoms with Crippen molar-refractivity contribution in [2.45, 2.75) is 6.54 Å². The number of aromatic nitrogens is 3. The van der Waals surface area contributed by atoms with Gasteiger partial charge in [0.1, 0.15) is 0 Å². The molecule has 2 aromatic carbocycles. The lowest BCUT2D eigenvalue weighted by atomic mass is 10.1. The van der Waals surface area contributed by atoms with Crippen LogP contribution in [0, 0.1) is 0 Å². The van der Waals surface area contributed by atoms with E-state index in [0.29, 0.717) is 5.82 Å². The fraction of sp³-hybridized carbons (Fsp3) is 0.185. The predicted molar refractivity (Wildman–Crippen MR) is 145 cm³/mol. The van der Waals surface area contributed by atoms with Crippen LogP contribution in [0.5, 0.6) is 0 Å². The fourth-order valence-corrected chi connectivity index (χ4v) is 4.25. The minimum Gasteiger partial charge on any atom is -0.396 e. The maximum Gasteiger partial charge on any atom is 0.199 e. The molecule has 0 radical (unpaired) electrons. The lowest BCUT2D eigenvalue weighted by molar-refractivity contribution is 0.250. The SMILES string of the molecule is NC(=Nc1ccc(-c2ccccc2)nn1)Nc1ccccc1CN1CCN(c2ncccc2N)CC1. The Morgan fingerprint density at radius 1 is 0.861 bits per heavy atom. The quantitative estimate of drug-likeness (QED) is 0.284. The molecule has 0 atom stereocenters. The molecule has 0 bridgehead atoms. The molecule has 1 fully saturated rings. The van der Waals surface area contributed by atoms with E-state index in [1.807, 2.05) is 72.8 Å². The van der Waals surface area contributed by atoms with Crippen LogP contribution in [0.1, 0.15) is 5.56 Å². The zero-order valence-electron chi connectivity index (χ0n) is 20.0. The van der Waals surface area contributed by atoms with Crippen molar-refractivity contribution in [2.75, 3.05) is 42.1 Å². The predicted octanol–water partition coefficient (Wildman–Crippen LogP) is 3.50. The van der Waals surface area contributed by atoms with E-state index in [0.717, 1.165) is 66.7 Å². The topological polar surface area (TPSA) is 122 Å². The van der Waals surface area contributed by atoms with E-state index in [9.17, 15) is 0 Å². The molecule has 1 aliphatic rings. The Morgan fingerprint density at radius 2 is 1.64 bits per heavy atom. The minimum atomic E-state index is 0.264. The molecule has 5 rings (SSSR count). The van der Waals surface area contributed by atoms with Gasteiger partial charge in [0.2, 0.25) is 0 Å². The van der Waals surface area contributed by atoms with E-state index in [1.54, 1.807) is 6.20 Å². The summed E-state index contributed by atoms with van der Waals surface area (Å²) in [5, 5.41) is 11.7. The Bertz CT molecular complexity index is 1310. The van der Waals surface area contributed by atoms with Crippen molar-refractivity contribution >= 4 is 29.0 Å². The first kappa shape index (κ1) is 23.3. The van der Waals surface area contributed by atoms with Crippen molar-refractivity contribution in [2.24, 2.45) is 10.7 Å². The van der Waals surface area contributed by atoms with Gasteiger partial charge in [0.25, 0.3) is 0 Å². The zero-order chi connectivity index (χ0) is 24.7. The number of hydrogen-bond acceptors (Lipinski definition) is 7. The normalized spacial score (nSPS) is 14.6. The highest BCUT2D eigenvalue weighted by atomic mass is 15.3. The molecule has 9 heteroatoms. The lowest BCUT2D eigenvalue weighted by Gasteiger charge is -2.36. The molecule has 9 nitrogen and oxygen atoms in total. The summed E-state index contributed by atoms with van der Waals surface area (Å²) in [5.41, 5.74) is 16.9. The molecule has 1 aliphatic heterocycles. The molecule has 2 aromatic heterocycles. The van der Waals surface area contributed by atoms with E-state index in [1.165, 1.54) is 0 Å². The van der Waals surface area contributed by atoms with E-state index in [4.69, 9.17) is 11.5 Å². The summed E-state index contributed by atoms with van der Waals surface area (Å²) < 4.78 is 0. The smallest absolute Gasteiger partial charge is 0.199 e. The van der Waals surface area contributed by atoms with Crippen LogP contribution < -0.4 is 21.7 Å². The maximum atomic E-state index is 6.22. The first-order valence-corrected chi connectivity index (χ1v) is 11.9. The number of anilines is 3. The number of piperazine rings is 1. The van der Waals surface area contributed by atoms with Gasteiger partial charge in [0.15, 0.2) is 17.6 Å². The van der Waals surface area contributed by atoms with Crippen LogP contribution in [0.3, 0.4) is 0 Å². The third-order valence-electron chi connectivity index (χ3n) is 6.12. The maximum absolute atomic E-state index is 6.22. The van der Waals surface area contributed by atoms with Crippen LogP contribution in [-0.2, 0) is 6.54 Å². The molecule has 5 N–H and O–H groups in total. The summed E-state index contributed by atoms with van der Waals surface area (Å²) in [4.78, 5) is 13.5. The fourth-order valence-electron chi connectivity index (χ4n) is 4.25. The number of rotatable bonds is 6. The van der Waals surface area contributed by atoms with Gasteiger partial charge in [-0.3, -0.25) is 4.90 Å². The van der Waals surface area contributed by atoms with E-state index < -0.39 is 0 Å². The van der Waals surface area contributed by atoms with E-state index in [2.05, 4.69) is 41.4 Å². The van der Waals surface area contributed by atoms with Gasteiger partial charge in [-0.2, -0.15) is 4.99 Å². The van der Waals surface area contributed by atoms with Gasteiger partial charge in [-0.15, -0.1) is 10.2 Å². The van der Waals surface area contributed by atoms with Crippen LogP contribution >= 0.6 is 0 Å². The summed E-state index contributed by atoms with van der Waals surface area (Å²) in [5.74, 6) is 1.57. The van der Waals surface area contributed by atoms with Crippen molar-refractivity contribution in [1.82, 2.24) is 20.1 Å². The van der Waals surface area contributed by atoms with Crippen molar-refractivity contribution < 1.29 is 0 Å². The molecule has 0 amide bonds. The zero-order valence-corrected chi connectivity index (χ0v) is 20.0. The molecule has 1 saturated heterocycles. The Hall–Kier alpha value is -4.50. The second-order valence-corrected chi connectivity index (χ2v) is 8.60. The molecule has 4 aromatic rings. The Morgan fingerprint density at radius 3 is 2.39 bits per heavy atom. The number of nitrogen functional groups attached to an aromatic ring is 1. The monoisotopic (exact) mass is 479 g/mol. The first-order valence-electron chi connectivity index (χ1n) is 11.9. The summed E-state index contributed by atoms with van der Waals surface area (Å²) in [6.07, 6.45) is 1.79. The van der Waals surface area contributed by atoms with Crippen LogP contribution in [0.25, 0.3) is 11.3 Å². The second-order valence-electron chi connectivity index (χ2n) is 8.60. The van der Waals surface area contributed by atoms with Gasteiger partial charge < -0.3 is 21.7 Å². The van der Waals surface area contributed by atoms with Gasteiger partial charge in [-0.25, -0.2) is 4.98 Å². The Labute approximate surface area is 210 Å². The van der Waals surface area contributed by atoms with E-state index >= 15 is 0 Å². The van der Waals surface area contributed by atoms with Crippen LogP contribution in [-0.4, -0.2) is 52.2 Å². The van der Waals surface area contributed by atoms with Crippen molar-refractivity contribution in [3.63, 3.8) is 0 Å². The van der Waals surface area contributed by atoms with Gasteiger partial charge in [-0.05, 0) is 35.9 Å². The number of aliphatic imine (C=N–C) groups is 1. The number of pyridine rings is 1. The largest absolute Gasteiger partial charge is 0.396 e. The molecule has 182 valence electrons. The highest BCUT2D eigenvalue weighted by Crippen LogP contribution is 2.23. The summed E-state index contributed by atoms with van der Waals surface area (Å²) in [6, 6.07) is 25.5. The lowest BCUT2D eigenvalue weighted by Crippen LogP contribution is -2.46.